The van der Waals surface area contributed by atoms with E-state index in [0.29, 0.717) is 28.6 Å². The minimum atomic E-state index is -0.575. The Kier molecular flexibility index (Phi) is 13.4. The fourth-order valence-electron chi connectivity index (χ4n) is 4.18. The standard InChI is InChI=1S/C15H11ClFN3O2.C7H16O.C7H14/c1-22-13-6-11-8(5-12(13)21)15(19-7-18-11)20-10-4-2-3-9(16)14(10)17;1-4-6-7(5-2)8-3;1-7-5-3-2-4-6-7/h2-7,21H,1H3,(H,18,19,20);7H,4-6H2,1-3H3;7H,2-6H2,1H3/t;7-;/m.0./s1. The van der Waals surface area contributed by atoms with Gasteiger partial charge in [0.25, 0.3) is 0 Å². The van der Waals surface area contributed by atoms with Gasteiger partial charge < -0.3 is 19.9 Å². The number of methoxy groups -OCH3 is 2. The summed E-state index contributed by atoms with van der Waals surface area (Å²) in [6, 6.07) is 7.65. The van der Waals surface area contributed by atoms with E-state index >= 15 is 0 Å². The molecule has 37 heavy (non-hydrogen) atoms. The zero-order valence-electron chi connectivity index (χ0n) is 22.7. The summed E-state index contributed by atoms with van der Waals surface area (Å²) in [6.45, 7) is 6.70. The van der Waals surface area contributed by atoms with Crippen LogP contribution in [0.25, 0.3) is 10.9 Å². The van der Waals surface area contributed by atoms with E-state index in [1.54, 1.807) is 25.3 Å². The zero-order valence-corrected chi connectivity index (χ0v) is 23.4. The number of nitrogens with one attached hydrogen (secondary N) is 1. The number of rotatable bonds is 7. The van der Waals surface area contributed by atoms with Crippen LogP contribution < -0.4 is 10.1 Å². The number of ether oxygens (including phenoxy) is 2. The van der Waals surface area contributed by atoms with E-state index in [0.717, 1.165) is 12.3 Å². The minimum absolute atomic E-state index is 0.00729. The molecule has 1 aliphatic rings. The maximum Gasteiger partial charge on any atom is 0.165 e. The van der Waals surface area contributed by atoms with Gasteiger partial charge in [0.15, 0.2) is 17.3 Å². The van der Waals surface area contributed by atoms with Gasteiger partial charge in [-0.3, -0.25) is 0 Å². The van der Waals surface area contributed by atoms with Crippen LogP contribution in [0.15, 0.2) is 36.7 Å². The van der Waals surface area contributed by atoms with Crippen molar-refractivity contribution in [2.75, 3.05) is 19.5 Å². The average Bonchev–Trinajstić information content (AvgIpc) is 2.91. The van der Waals surface area contributed by atoms with Crippen LogP contribution >= 0.6 is 11.6 Å². The molecule has 0 radical (unpaired) electrons. The molecule has 1 saturated carbocycles. The predicted octanol–water partition coefficient (Wildman–Crippen LogP) is 8.68. The third kappa shape index (κ3) is 9.63. The summed E-state index contributed by atoms with van der Waals surface area (Å²) in [5, 5.41) is 13.3. The van der Waals surface area contributed by atoms with Gasteiger partial charge in [0.2, 0.25) is 0 Å². The second-order valence-electron chi connectivity index (χ2n) is 9.29. The van der Waals surface area contributed by atoms with Crippen LogP contribution in [0.2, 0.25) is 5.02 Å². The Bertz CT molecular complexity index is 1090. The van der Waals surface area contributed by atoms with Crippen LogP contribution in [0.4, 0.5) is 15.9 Å². The van der Waals surface area contributed by atoms with Crippen LogP contribution in [-0.4, -0.2) is 35.4 Å². The number of hydrogen-bond donors (Lipinski definition) is 2. The summed E-state index contributed by atoms with van der Waals surface area (Å²) in [7, 11) is 3.23. The van der Waals surface area contributed by atoms with Crippen LogP contribution in [0.3, 0.4) is 0 Å². The predicted molar refractivity (Wildman–Crippen MR) is 151 cm³/mol. The molecule has 4 rings (SSSR count). The van der Waals surface area contributed by atoms with Crippen LogP contribution in [0.5, 0.6) is 11.5 Å². The smallest absolute Gasteiger partial charge is 0.165 e. The number of halogens is 2. The van der Waals surface area contributed by atoms with Crippen molar-refractivity contribution < 1.29 is 19.0 Å². The van der Waals surface area contributed by atoms with Gasteiger partial charge in [0.05, 0.1) is 29.4 Å². The number of nitrogens with zero attached hydrogens (tertiary/aromatic N) is 2. The average molecular weight is 534 g/mol. The first kappa shape index (κ1) is 30.6. The van der Waals surface area contributed by atoms with E-state index < -0.39 is 5.82 Å². The highest BCUT2D eigenvalue weighted by molar-refractivity contribution is 6.31. The lowest BCUT2D eigenvalue weighted by Gasteiger charge is -2.15. The molecule has 8 heteroatoms. The van der Waals surface area contributed by atoms with Crippen molar-refractivity contribution in [2.24, 2.45) is 5.92 Å². The first-order valence-electron chi connectivity index (χ1n) is 13.1. The van der Waals surface area contributed by atoms with Crippen molar-refractivity contribution >= 4 is 34.0 Å². The van der Waals surface area contributed by atoms with Crippen LogP contribution in [-0.2, 0) is 4.74 Å². The summed E-state index contributed by atoms with van der Waals surface area (Å²) in [5.41, 5.74) is 0.734. The van der Waals surface area contributed by atoms with Crippen molar-refractivity contribution in [1.82, 2.24) is 9.97 Å². The van der Waals surface area contributed by atoms with Gasteiger partial charge in [-0.2, -0.15) is 0 Å². The van der Waals surface area contributed by atoms with Gasteiger partial charge in [-0.15, -0.1) is 0 Å². The molecular weight excluding hydrogens is 493 g/mol. The minimum Gasteiger partial charge on any atom is -0.504 e. The van der Waals surface area contributed by atoms with Gasteiger partial charge >= 0.3 is 0 Å². The van der Waals surface area contributed by atoms with Gasteiger partial charge in [-0.05, 0) is 37.0 Å². The van der Waals surface area contributed by atoms with E-state index in [4.69, 9.17) is 21.1 Å². The number of aromatic hydroxyl groups is 1. The summed E-state index contributed by atoms with van der Waals surface area (Å²) in [4.78, 5) is 8.20. The summed E-state index contributed by atoms with van der Waals surface area (Å²) < 4.78 is 24.2. The Morgan fingerprint density at radius 3 is 2.41 bits per heavy atom. The topological polar surface area (TPSA) is 76.5 Å². The highest BCUT2D eigenvalue weighted by atomic mass is 35.5. The first-order valence-corrected chi connectivity index (χ1v) is 13.5. The lowest BCUT2D eigenvalue weighted by atomic mass is 9.91. The van der Waals surface area contributed by atoms with Crippen molar-refractivity contribution in [1.29, 1.82) is 0 Å². The summed E-state index contributed by atoms with van der Waals surface area (Å²) in [5.74, 6) is 1.05. The van der Waals surface area contributed by atoms with Gasteiger partial charge in [-0.25, -0.2) is 14.4 Å². The maximum atomic E-state index is 14.0. The normalized spacial score (nSPS) is 14.1. The van der Waals surface area contributed by atoms with Gasteiger partial charge in [0.1, 0.15) is 12.1 Å². The van der Waals surface area contributed by atoms with Crippen molar-refractivity contribution in [3.63, 3.8) is 0 Å². The molecule has 1 aliphatic carbocycles. The molecule has 0 aliphatic heterocycles. The molecular formula is C29H41ClFN3O3. The Hall–Kier alpha value is -2.64. The molecule has 1 heterocycles. The monoisotopic (exact) mass is 533 g/mol. The van der Waals surface area contributed by atoms with Gasteiger partial charge in [0, 0.05) is 18.6 Å². The van der Waals surface area contributed by atoms with E-state index in [1.165, 1.54) is 70.5 Å². The van der Waals surface area contributed by atoms with Crippen LogP contribution in [0.1, 0.15) is 72.1 Å². The lowest BCUT2D eigenvalue weighted by molar-refractivity contribution is 0.0915. The second kappa shape index (κ2) is 16.3. The fraction of sp³-hybridized carbons (Fsp3) is 0.517. The largest absolute Gasteiger partial charge is 0.504 e. The van der Waals surface area contributed by atoms with Crippen molar-refractivity contribution in [2.45, 2.75) is 78.2 Å². The molecule has 0 spiro atoms. The van der Waals surface area contributed by atoms with E-state index in [2.05, 4.69) is 36.1 Å². The molecule has 1 fully saturated rings. The molecule has 0 amide bonds. The third-order valence-corrected chi connectivity index (χ3v) is 6.73. The van der Waals surface area contributed by atoms with E-state index in [-0.39, 0.29) is 16.5 Å². The molecule has 1 aromatic heterocycles. The maximum absolute atomic E-state index is 14.0. The van der Waals surface area contributed by atoms with Gasteiger partial charge in [-0.1, -0.05) is 77.0 Å². The Morgan fingerprint density at radius 1 is 1.14 bits per heavy atom. The molecule has 1 atom stereocenters. The molecule has 0 unspecified atom stereocenters. The molecule has 2 aromatic carbocycles. The van der Waals surface area contributed by atoms with E-state index in [9.17, 15) is 9.50 Å². The van der Waals surface area contributed by atoms with E-state index in [1.807, 2.05) is 0 Å². The number of aromatic nitrogens is 2. The summed E-state index contributed by atoms with van der Waals surface area (Å²) in [6.07, 6.45) is 12.8. The third-order valence-electron chi connectivity index (χ3n) is 6.43. The highest BCUT2D eigenvalue weighted by Gasteiger charge is 2.12. The quantitative estimate of drug-likeness (QED) is 0.316. The Labute approximate surface area is 225 Å². The molecule has 6 nitrogen and oxygen atoms in total. The van der Waals surface area contributed by atoms with Crippen molar-refractivity contribution in [3.05, 3.63) is 47.5 Å². The number of phenols is 1. The SMILES string of the molecule is CC1CCCCC1.CCC[C@H](CC)OC.COc1cc2ncnc(Nc3cccc(Cl)c3F)c2cc1O. The number of hydrogen-bond acceptors (Lipinski definition) is 6. The number of fused-ring (bicyclic) bond motifs is 1. The number of anilines is 2. The molecule has 0 saturated heterocycles. The molecule has 204 valence electrons. The second-order valence-corrected chi connectivity index (χ2v) is 9.69. The first-order chi connectivity index (χ1) is 17.8. The number of benzene rings is 2. The summed E-state index contributed by atoms with van der Waals surface area (Å²) >= 11 is 5.76. The Morgan fingerprint density at radius 2 is 1.86 bits per heavy atom. The lowest BCUT2D eigenvalue weighted by Crippen LogP contribution is -2.07. The number of phenolic OH excluding ortho intramolecular Hbond substituents is 1. The zero-order chi connectivity index (χ0) is 27.2. The highest BCUT2D eigenvalue weighted by Crippen LogP contribution is 2.34. The van der Waals surface area contributed by atoms with Crippen LogP contribution in [0, 0.1) is 11.7 Å². The molecule has 3 aromatic rings. The van der Waals surface area contributed by atoms with Crippen molar-refractivity contribution in [3.8, 4) is 11.5 Å². The molecule has 2 N–H and O–H groups in total. The Balaban J connectivity index is 0.000000263. The fourth-order valence-corrected chi connectivity index (χ4v) is 4.36. The molecule has 0 bridgehead atoms.